The normalized spacial score (nSPS) is 24.3. The van der Waals surface area contributed by atoms with E-state index < -0.39 is 5.60 Å². The van der Waals surface area contributed by atoms with E-state index in [1.165, 1.54) is 5.56 Å². The highest BCUT2D eigenvalue weighted by molar-refractivity contribution is 5.57. The Labute approximate surface area is 163 Å². The van der Waals surface area contributed by atoms with Gasteiger partial charge in [-0.05, 0) is 62.2 Å². The number of hydrogen-bond acceptors (Lipinski definition) is 3. The van der Waals surface area contributed by atoms with Gasteiger partial charge in [-0.1, -0.05) is 48.5 Å². The van der Waals surface area contributed by atoms with Crippen molar-refractivity contribution in [2.75, 3.05) is 27.7 Å². The van der Waals surface area contributed by atoms with Crippen LogP contribution in [0.25, 0.3) is 6.08 Å². The lowest BCUT2D eigenvalue weighted by atomic mass is 9.68. The van der Waals surface area contributed by atoms with Crippen LogP contribution in [0.15, 0.2) is 60.2 Å². The number of hydrogen-bond donors (Lipinski definition) is 1. The number of rotatable bonds is 6. The number of nitrogens with zero attached hydrogens (tertiary/aromatic N) is 1. The Bertz CT molecular complexity index is 752. The maximum absolute atomic E-state index is 11.9. The largest absolute Gasteiger partial charge is 0.497 e. The van der Waals surface area contributed by atoms with Crippen molar-refractivity contribution in [2.45, 2.75) is 31.3 Å². The van der Waals surface area contributed by atoms with Crippen LogP contribution < -0.4 is 4.74 Å². The molecule has 2 aromatic carbocycles. The van der Waals surface area contributed by atoms with Crippen LogP contribution in [0.5, 0.6) is 5.75 Å². The van der Waals surface area contributed by atoms with Crippen LogP contribution in [0, 0.1) is 5.92 Å². The zero-order valence-corrected chi connectivity index (χ0v) is 16.7. The van der Waals surface area contributed by atoms with Crippen molar-refractivity contribution < 1.29 is 9.84 Å². The molecule has 1 fully saturated rings. The lowest BCUT2D eigenvalue weighted by molar-refractivity contribution is -0.0123. The Morgan fingerprint density at radius 2 is 1.81 bits per heavy atom. The van der Waals surface area contributed by atoms with E-state index in [0.717, 1.165) is 42.7 Å². The zero-order valence-electron chi connectivity index (χ0n) is 16.7. The minimum atomic E-state index is -0.816. The molecule has 3 heteroatoms. The van der Waals surface area contributed by atoms with Crippen molar-refractivity contribution in [1.82, 2.24) is 4.90 Å². The van der Waals surface area contributed by atoms with Gasteiger partial charge in [-0.15, -0.1) is 0 Å². The third kappa shape index (κ3) is 4.79. The highest BCUT2D eigenvalue weighted by Gasteiger charge is 2.42. The van der Waals surface area contributed by atoms with Crippen LogP contribution in [-0.2, 0) is 6.42 Å². The highest BCUT2D eigenvalue weighted by atomic mass is 16.5. The maximum atomic E-state index is 11.9. The monoisotopic (exact) mass is 365 g/mol. The summed E-state index contributed by atoms with van der Waals surface area (Å²) in [7, 11) is 5.86. The first kappa shape index (κ1) is 19.7. The predicted octanol–water partition coefficient (Wildman–Crippen LogP) is 4.41. The lowest BCUT2D eigenvalue weighted by Crippen LogP contribution is -2.48. The molecule has 0 amide bonds. The van der Waals surface area contributed by atoms with E-state index in [0.29, 0.717) is 6.42 Å². The molecule has 0 aromatic heterocycles. The standard InChI is InChI=1S/C24H31NO2/c1-25(2)18-22-11-7-10-21(16-19-12-14-23(27-3)15-13-19)24(22,26)17-20-8-5-4-6-9-20/h4-6,8-9,12-16,22,26H,7,10-11,17-18H2,1-3H3/b21-16+. The van der Waals surface area contributed by atoms with E-state index in [9.17, 15) is 5.11 Å². The molecular weight excluding hydrogens is 334 g/mol. The molecule has 1 saturated carbocycles. The molecule has 2 atom stereocenters. The van der Waals surface area contributed by atoms with Crippen LogP contribution in [0.4, 0.5) is 0 Å². The zero-order chi connectivity index (χ0) is 19.3. The molecular formula is C24H31NO2. The van der Waals surface area contributed by atoms with Crippen LogP contribution >= 0.6 is 0 Å². The predicted molar refractivity (Wildman–Crippen MR) is 112 cm³/mol. The van der Waals surface area contributed by atoms with E-state index >= 15 is 0 Å². The van der Waals surface area contributed by atoms with Crippen molar-refractivity contribution in [3.05, 3.63) is 71.3 Å². The van der Waals surface area contributed by atoms with E-state index in [2.05, 4.69) is 61.5 Å². The molecule has 0 bridgehead atoms. The molecule has 2 aromatic rings. The molecule has 1 aliphatic rings. The molecule has 0 aliphatic heterocycles. The van der Waals surface area contributed by atoms with Crippen molar-refractivity contribution in [1.29, 1.82) is 0 Å². The molecule has 144 valence electrons. The Morgan fingerprint density at radius 1 is 1.11 bits per heavy atom. The topological polar surface area (TPSA) is 32.7 Å². The summed E-state index contributed by atoms with van der Waals surface area (Å²) in [6.45, 7) is 0.892. The summed E-state index contributed by atoms with van der Waals surface area (Å²) in [5.74, 6) is 1.08. The molecule has 3 nitrogen and oxygen atoms in total. The molecule has 0 saturated heterocycles. The first-order chi connectivity index (χ1) is 13.0. The third-order valence-electron chi connectivity index (χ3n) is 5.59. The van der Waals surface area contributed by atoms with E-state index in [1.54, 1.807) is 7.11 Å². The summed E-state index contributed by atoms with van der Waals surface area (Å²) >= 11 is 0. The molecule has 27 heavy (non-hydrogen) atoms. The second kappa shape index (κ2) is 8.73. The first-order valence-corrected chi connectivity index (χ1v) is 9.77. The van der Waals surface area contributed by atoms with Crippen molar-refractivity contribution in [2.24, 2.45) is 5.92 Å². The van der Waals surface area contributed by atoms with Crippen LogP contribution in [-0.4, -0.2) is 43.4 Å². The number of benzene rings is 2. The number of methoxy groups -OCH3 is 1. The van der Waals surface area contributed by atoms with Gasteiger partial charge in [0.2, 0.25) is 0 Å². The van der Waals surface area contributed by atoms with Crippen LogP contribution in [0.3, 0.4) is 0 Å². The van der Waals surface area contributed by atoms with Crippen molar-refractivity contribution >= 4 is 6.08 Å². The quantitative estimate of drug-likeness (QED) is 0.823. The summed E-state index contributed by atoms with van der Waals surface area (Å²) in [4.78, 5) is 2.19. The van der Waals surface area contributed by atoms with E-state index in [-0.39, 0.29) is 5.92 Å². The molecule has 0 spiro atoms. The van der Waals surface area contributed by atoms with Gasteiger partial charge < -0.3 is 14.7 Å². The smallest absolute Gasteiger partial charge is 0.118 e. The van der Waals surface area contributed by atoms with Gasteiger partial charge in [0.1, 0.15) is 5.75 Å². The Kier molecular flexibility index (Phi) is 6.35. The van der Waals surface area contributed by atoms with Crippen molar-refractivity contribution in [3.8, 4) is 5.75 Å². The van der Waals surface area contributed by atoms with Gasteiger partial charge in [-0.2, -0.15) is 0 Å². The molecule has 1 aliphatic carbocycles. The number of aliphatic hydroxyl groups is 1. The molecule has 3 rings (SSSR count). The van der Waals surface area contributed by atoms with Gasteiger partial charge in [0, 0.05) is 18.9 Å². The average molecular weight is 366 g/mol. The molecule has 0 heterocycles. The lowest BCUT2D eigenvalue weighted by Gasteiger charge is -2.43. The fourth-order valence-corrected chi connectivity index (χ4v) is 4.20. The summed E-state index contributed by atoms with van der Waals surface area (Å²) in [6, 6.07) is 18.4. The second-order valence-corrected chi connectivity index (χ2v) is 7.88. The van der Waals surface area contributed by atoms with Crippen LogP contribution in [0.2, 0.25) is 0 Å². The van der Waals surface area contributed by atoms with Crippen LogP contribution in [0.1, 0.15) is 30.4 Å². The summed E-state index contributed by atoms with van der Waals surface area (Å²) in [6.07, 6.45) is 5.97. The Balaban J connectivity index is 1.96. The van der Waals surface area contributed by atoms with Gasteiger partial charge in [-0.25, -0.2) is 0 Å². The second-order valence-electron chi connectivity index (χ2n) is 7.88. The summed E-state index contributed by atoms with van der Waals surface area (Å²) < 4.78 is 5.26. The Morgan fingerprint density at radius 3 is 2.44 bits per heavy atom. The molecule has 2 unspecified atom stereocenters. The Hall–Kier alpha value is -2.10. The molecule has 0 radical (unpaired) electrons. The number of ether oxygens (including phenoxy) is 1. The average Bonchev–Trinajstić information content (AvgIpc) is 2.66. The highest BCUT2D eigenvalue weighted by Crippen LogP contribution is 2.41. The van der Waals surface area contributed by atoms with Gasteiger partial charge >= 0.3 is 0 Å². The SMILES string of the molecule is COc1ccc(/C=C2\CCCC(CN(C)C)C2(O)Cc2ccccc2)cc1. The minimum Gasteiger partial charge on any atom is -0.497 e. The fraction of sp³-hybridized carbons (Fsp3) is 0.417. The van der Waals surface area contributed by atoms with Gasteiger partial charge in [-0.3, -0.25) is 0 Å². The maximum Gasteiger partial charge on any atom is 0.118 e. The summed E-state index contributed by atoms with van der Waals surface area (Å²) in [5.41, 5.74) is 2.63. The van der Waals surface area contributed by atoms with Gasteiger partial charge in [0.05, 0.1) is 12.7 Å². The third-order valence-corrected chi connectivity index (χ3v) is 5.59. The molecule has 1 N–H and O–H groups in total. The van der Waals surface area contributed by atoms with E-state index in [1.807, 2.05) is 18.2 Å². The fourth-order valence-electron chi connectivity index (χ4n) is 4.20. The van der Waals surface area contributed by atoms with Crippen molar-refractivity contribution in [3.63, 3.8) is 0 Å². The van der Waals surface area contributed by atoms with E-state index in [4.69, 9.17) is 4.74 Å². The summed E-state index contributed by atoms with van der Waals surface area (Å²) in [5, 5.41) is 11.9. The van der Waals surface area contributed by atoms with Gasteiger partial charge in [0.15, 0.2) is 0 Å². The first-order valence-electron chi connectivity index (χ1n) is 9.77. The van der Waals surface area contributed by atoms with Gasteiger partial charge in [0.25, 0.3) is 0 Å². The minimum absolute atomic E-state index is 0.228.